The van der Waals surface area contributed by atoms with Gasteiger partial charge in [0.05, 0.1) is 18.0 Å². The van der Waals surface area contributed by atoms with Gasteiger partial charge in [-0.05, 0) is 23.8 Å². The maximum Gasteiger partial charge on any atom is 0.257 e. The first-order chi connectivity index (χ1) is 9.65. The Labute approximate surface area is 120 Å². The largest absolute Gasteiger partial charge is 0.593 e. The van der Waals surface area contributed by atoms with Crippen molar-refractivity contribution in [1.29, 1.82) is 0 Å². The van der Waals surface area contributed by atoms with Gasteiger partial charge in [-0.1, -0.05) is 23.7 Å². The van der Waals surface area contributed by atoms with Gasteiger partial charge in [0.2, 0.25) is 0 Å². The first-order valence-electron chi connectivity index (χ1n) is 5.99. The minimum atomic E-state index is 0.0527. The van der Waals surface area contributed by atoms with Gasteiger partial charge in [0, 0.05) is 22.2 Å². The molecule has 20 heavy (non-hydrogen) atoms. The molecule has 0 aliphatic rings. The van der Waals surface area contributed by atoms with Gasteiger partial charge >= 0.3 is 0 Å². The third-order valence-electron chi connectivity index (χ3n) is 3.06. The van der Waals surface area contributed by atoms with Gasteiger partial charge in [-0.3, -0.25) is 5.10 Å². The van der Waals surface area contributed by atoms with Crippen molar-refractivity contribution in [2.24, 2.45) is 0 Å². The summed E-state index contributed by atoms with van der Waals surface area (Å²) in [6.07, 6.45) is 1.70. The van der Waals surface area contributed by atoms with E-state index in [0.29, 0.717) is 16.3 Å². The Balaban J connectivity index is 2.12. The van der Waals surface area contributed by atoms with E-state index in [9.17, 15) is 5.11 Å². The summed E-state index contributed by atoms with van der Waals surface area (Å²) in [5.74, 6) is 0.316. The molecule has 0 saturated carbocycles. The van der Waals surface area contributed by atoms with Gasteiger partial charge in [-0.25, -0.2) is 0 Å². The van der Waals surface area contributed by atoms with Gasteiger partial charge in [-0.2, -0.15) is 5.10 Å². The van der Waals surface area contributed by atoms with Crippen LogP contribution in [0.25, 0.3) is 22.4 Å². The highest BCUT2D eigenvalue weighted by Crippen LogP contribution is 2.36. The molecule has 0 amide bonds. The van der Waals surface area contributed by atoms with Crippen molar-refractivity contribution in [1.82, 2.24) is 10.2 Å². The van der Waals surface area contributed by atoms with E-state index in [0.717, 1.165) is 11.1 Å². The predicted octanol–water partition coefficient (Wildman–Crippen LogP) is 3.54. The average Bonchev–Trinajstić information content (AvgIpc) is 2.88. The van der Waals surface area contributed by atoms with Crippen LogP contribution in [0, 0.1) is 0 Å². The molecule has 0 saturated heterocycles. The standard InChI is InChI=1S/C15H11ClN2O2/c16-10-3-1-9(2-4-10)13-8-17-18-15(13)12-6-5-11(19)7-14(12)20/h1-8,19-20H,(H,17,18)/p+1. The number of aromatic nitrogens is 2. The Morgan fingerprint density at radius 2 is 1.80 bits per heavy atom. The normalized spacial score (nSPS) is 10.7. The van der Waals surface area contributed by atoms with E-state index in [2.05, 4.69) is 10.2 Å². The van der Waals surface area contributed by atoms with Crippen LogP contribution in [0.4, 0.5) is 0 Å². The highest BCUT2D eigenvalue weighted by molar-refractivity contribution is 6.30. The quantitative estimate of drug-likeness (QED) is 0.708. The lowest BCUT2D eigenvalue weighted by atomic mass is 10.0. The molecule has 0 radical (unpaired) electrons. The van der Waals surface area contributed by atoms with Crippen LogP contribution in [0.1, 0.15) is 0 Å². The molecule has 0 bridgehead atoms. The van der Waals surface area contributed by atoms with Crippen LogP contribution in [0.15, 0.2) is 48.7 Å². The highest BCUT2D eigenvalue weighted by Gasteiger charge is 2.14. The number of nitrogens with one attached hydrogen (secondary N) is 1. The van der Waals surface area contributed by atoms with Crippen LogP contribution in [0.2, 0.25) is 5.02 Å². The molecule has 0 atom stereocenters. The SMILES string of the molecule is Oc1cc([OH2+])ccc1-c1[nH]ncc1-c1ccc(Cl)cc1. The number of aromatic hydroxyl groups is 1. The number of halogens is 1. The molecule has 5 heteroatoms. The van der Waals surface area contributed by atoms with E-state index >= 15 is 0 Å². The molecule has 3 aromatic rings. The van der Waals surface area contributed by atoms with Crippen molar-refractivity contribution >= 4 is 11.6 Å². The zero-order chi connectivity index (χ0) is 14.1. The Morgan fingerprint density at radius 1 is 1.05 bits per heavy atom. The number of phenolic OH excluding ortho intramolecular Hbond substituents is 1. The molecule has 0 fully saturated rings. The van der Waals surface area contributed by atoms with Crippen LogP contribution in [0.5, 0.6) is 11.5 Å². The molecule has 0 aliphatic carbocycles. The summed E-state index contributed by atoms with van der Waals surface area (Å²) in [6.45, 7) is 0. The summed E-state index contributed by atoms with van der Waals surface area (Å²) >= 11 is 5.89. The highest BCUT2D eigenvalue weighted by atomic mass is 35.5. The molecule has 4 nitrogen and oxygen atoms in total. The minimum Gasteiger partial charge on any atom is -0.593 e. The number of hydrogen-bond acceptors (Lipinski definition) is 2. The van der Waals surface area contributed by atoms with E-state index in [1.165, 1.54) is 6.07 Å². The van der Waals surface area contributed by atoms with Gasteiger partial charge in [0.1, 0.15) is 5.75 Å². The molecule has 2 aromatic carbocycles. The molecule has 0 aliphatic heterocycles. The Bertz CT molecular complexity index is 751. The fourth-order valence-corrected chi connectivity index (χ4v) is 2.21. The summed E-state index contributed by atoms with van der Waals surface area (Å²) in [7, 11) is 0. The second kappa shape index (κ2) is 4.90. The number of aromatic amines is 1. The first-order valence-corrected chi connectivity index (χ1v) is 6.37. The molecule has 100 valence electrons. The van der Waals surface area contributed by atoms with Crippen molar-refractivity contribution in [3.05, 3.63) is 53.7 Å². The predicted molar refractivity (Wildman–Crippen MR) is 79.2 cm³/mol. The second-order valence-electron chi connectivity index (χ2n) is 4.40. The summed E-state index contributed by atoms with van der Waals surface area (Å²) in [4.78, 5) is 0. The molecule has 4 N–H and O–H groups in total. The molecule has 0 spiro atoms. The van der Waals surface area contributed by atoms with Crippen molar-refractivity contribution in [3.8, 4) is 33.9 Å². The van der Waals surface area contributed by atoms with Gasteiger partial charge < -0.3 is 10.2 Å². The number of H-pyrrole nitrogens is 1. The number of benzene rings is 2. The van der Waals surface area contributed by atoms with Crippen molar-refractivity contribution in [3.63, 3.8) is 0 Å². The van der Waals surface area contributed by atoms with Crippen molar-refractivity contribution < 1.29 is 10.2 Å². The van der Waals surface area contributed by atoms with Gasteiger partial charge in [-0.15, -0.1) is 0 Å². The second-order valence-corrected chi connectivity index (χ2v) is 4.83. The van der Waals surface area contributed by atoms with E-state index in [1.807, 2.05) is 12.1 Å². The smallest absolute Gasteiger partial charge is 0.257 e. The fraction of sp³-hybridized carbons (Fsp3) is 0. The Kier molecular flexibility index (Phi) is 3.08. The lowest BCUT2D eigenvalue weighted by Crippen LogP contribution is -1.84. The monoisotopic (exact) mass is 287 g/mol. The first kappa shape index (κ1) is 12.6. The number of hydrogen-bond donors (Lipinski definition) is 2. The van der Waals surface area contributed by atoms with E-state index in [1.54, 1.807) is 30.5 Å². The molecule has 1 heterocycles. The van der Waals surface area contributed by atoms with Crippen LogP contribution >= 0.6 is 11.6 Å². The Morgan fingerprint density at radius 3 is 2.50 bits per heavy atom. The molecular weight excluding hydrogens is 276 g/mol. The van der Waals surface area contributed by atoms with Crippen LogP contribution in [0.3, 0.4) is 0 Å². The summed E-state index contributed by atoms with van der Waals surface area (Å²) in [5, 5.41) is 25.1. The van der Waals surface area contributed by atoms with Crippen molar-refractivity contribution in [2.45, 2.75) is 0 Å². The Hall–Kier alpha value is -2.46. The molecule has 0 unspecified atom stereocenters. The summed E-state index contributed by atoms with van der Waals surface area (Å²) in [5.41, 5.74) is 3.15. The van der Waals surface area contributed by atoms with E-state index < -0.39 is 0 Å². The lowest BCUT2D eigenvalue weighted by Gasteiger charge is -2.05. The molecule has 1 aromatic heterocycles. The van der Waals surface area contributed by atoms with Crippen molar-refractivity contribution in [2.75, 3.05) is 0 Å². The number of nitrogens with zero attached hydrogens (tertiary/aromatic N) is 1. The van der Waals surface area contributed by atoms with Crippen LogP contribution in [-0.2, 0) is 0 Å². The molecular formula is C15H12ClN2O2+. The third-order valence-corrected chi connectivity index (χ3v) is 3.31. The average molecular weight is 288 g/mol. The zero-order valence-electron chi connectivity index (χ0n) is 10.4. The van der Waals surface area contributed by atoms with Gasteiger partial charge in [0.25, 0.3) is 5.75 Å². The lowest BCUT2D eigenvalue weighted by molar-refractivity contribution is 0.452. The van der Waals surface area contributed by atoms with E-state index in [4.69, 9.17) is 16.7 Å². The van der Waals surface area contributed by atoms with Crippen LogP contribution < -0.4 is 0 Å². The molecule has 3 rings (SSSR count). The third kappa shape index (κ3) is 2.21. The topological polar surface area (TPSA) is 71.8 Å². The number of rotatable bonds is 2. The summed E-state index contributed by atoms with van der Waals surface area (Å²) in [6, 6.07) is 12.1. The maximum atomic E-state index is 9.99. The number of phenols is 1. The van der Waals surface area contributed by atoms with Crippen LogP contribution in [-0.4, -0.2) is 20.4 Å². The minimum absolute atomic E-state index is 0.0527. The zero-order valence-corrected chi connectivity index (χ0v) is 11.1. The van der Waals surface area contributed by atoms with Gasteiger partial charge in [0.15, 0.2) is 0 Å². The fourth-order valence-electron chi connectivity index (χ4n) is 2.08. The summed E-state index contributed by atoms with van der Waals surface area (Å²) < 4.78 is 0. The maximum absolute atomic E-state index is 9.99. The van der Waals surface area contributed by atoms with E-state index in [-0.39, 0.29) is 11.5 Å².